The number of fused-ring (bicyclic) bond motifs is 1. The highest BCUT2D eigenvalue weighted by atomic mass is 16.5. The van der Waals surface area contributed by atoms with Crippen LogP contribution in [0.4, 0.5) is 0 Å². The molecule has 0 heterocycles. The van der Waals surface area contributed by atoms with E-state index in [9.17, 15) is 4.79 Å². The maximum Gasteiger partial charge on any atom is 0.351 e. The van der Waals surface area contributed by atoms with Crippen molar-refractivity contribution in [2.75, 3.05) is 32.8 Å². The average Bonchev–Trinajstić information content (AvgIpc) is 2.70. The van der Waals surface area contributed by atoms with Crippen LogP contribution in [0.2, 0.25) is 0 Å². The van der Waals surface area contributed by atoms with Gasteiger partial charge in [0.25, 0.3) is 5.91 Å². The lowest BCUT2D eigenvalue weighted by atomic mass is 10.1. The lowest BCUT2D eigenvalue weighted by Gasteiger charge is -2.15. The first-order valence-corrected chi connectivity index (χ1v) is 9.04. The molecule has 1 amide bonds. The molecule has 0 aromatic heterocycles. The molecule has 0 saturated heterocycles. The summed E-state index contributed by atoms with van der Waals surface area (Å²) < 4.78 is 5.67. The Morgan fingerprint density at radius 2 is 1.68 bits per heavy atom. The van der Waals surface area contributed by atoms with E-state index in [-0.39, 0.29) is 12.5 Å². The molecule has 0 aliphatic carbocycles. The molecule has 0 spiro atoms. The number of likely N-dealkylation sites (N-methyl/N-ethyl adjacent to an activating group) is 1. The van der Waals surface area contributed by atoms with Crippen molar-refractivity contribution in [2.45, 2.75) is 13.8 Å². The Labute approximate surface area is 163 Å². The third-order valence-corrected chi connectivity index (χ3v) is 4.08. The highest BCUT2D eigenvalue weighted by Gasteiger charge is 2.07. The second-order valence-electron chi connectivity index (χ2n) is 5.92. The van der Waals surface area contributed by atoms with E-state index in [1.807, 2.05) is 42.5 Å². The number of carboxylic acids is 2. The minimum absolute atomic E-state index is 0.0571. The maximum atomic E-state index is 11.9. The highest BCUT2D eigenvalue weighted by Crippen LogP contribution is 2.24. The van der Waals surface area contributed by atoms with Crippen molar-refractivity contribution in [3.8, 4) is 5.75 Å². The van der Waals surface area contributed by atoms with E-state index >= 15 is 0 Å². The molecule has 152 valence electrons. The number of amides is 1. The molecule has 8 nitrogen and oxygen atoms in total. The lowest BCUT2D eigenvalue weighted by molar-refractivity contribution is -0.895. The number of rotatable bonds is 8. The summed E-state index contributed by atoms with van der Waals surface area (Å²) in [7, 11) is 0. The predicted molar refractivity (Wildman–Crippen MR) is 102 cm³/mol. The van der Waals surface area contributed by atoms with E-state index in [0.717, 1.165) is 36.2 Å². The van der Waals surface area contributed by atoms with Crippen LogP contribution in [-0.4, -0.2) is 55.7 Å². The van der Waals surface area contributed by atoms with Gasteiger partial charge in [0, 0.05) is 5.39 Å². The first-order chi connectivity index (χ1) is 13.4. The van der Waals surface area contributed by atoms with Crippen LogP contribution >= 0.6 is 0 Å². The van der Waals surface area contributed by atoms with Crippen LogP contribution in [0.3, 0.4) is 0 Å². The molecule has 2 aromatic carbocycles. The summed E-state index contributed by atoms with van der Waals surface area (Å²) in [5.74, 6) is -3.33. The van der Waals surface area contributed by atoms with Crippen molar-refractivity contribution < 1.29 is 34.2 Å². The molecule has 28 heavy (non-hydrogen) atoms. The zero-order valence-corrected chi connectivity index (χ0v) is 16.1. The Hall–Kier alpha value is -3.13. The van der Waals surface area contributed by atoms with Gasteiger partial charge in [-0.25, -0.2) is 4.79 Å². The summed E-state index contributed by atoms with van der Waals surface area (Å²) in [6.45, 7) is 8.18. The van der Waals surface area contributed by atoms with Crippen molar-refractivity contribution in [1.82, 2.24) is 5.32 Å². The van der Waals surface area contributed by atoms with Gasteiger partial charge in [-0.05, 0) is 25.3 Å². The number of carboxylic acid groups (broad SMARTS) is 2. The molecular weight excluding hydrogens is 364 g/mol. The third-order valence-electron chi connectivity index (χ3n) is 4.08. The van der Waals surface area contributed by atoms with Crippen molar-refractivity contribution in [3.63, 3.8) is 0 Å². The molecule has 3 N–H and O–H groups in total. The maximum absolute atomic E-state index is 11.9. The molecular formula is C20H26N2O6. The molecule has 8 heteroatoms. The monoisotopic (exact) mass is 390 g/mol. The number of hydrogen-bond acceptors (Lipinski definition) is 5. The van der Waals surface area contributed by atoms with Gasteiger partial charge in [0.2, 0.25) is 0 Å². The lowest BCUT2D eigenvalue weighted by Crippen LogP contribution is -3.12. The van der Waals surface area contributed by atoms with Gasteiger partial charge in [0.05, 0.1) is 26.2 Å². The van der Waals surface area contributed by atoms with Gasteiger partial charge in [-0.15, -0.1) is 0 Å². The van der Waals surface area contributed by atoms with Crippen LogP contribution in [0.5, 0.6) is 5.75 Å². The fourth-order valence-corrected chi connectivity index (χ4v) is 2.50. The highest BCUT2D eigenvalue weighted by molar-refractivity contribution is 6.26. The molecule has 0 saturated carbocycles. The van der Waals surface area contributed by atoms with E-state index < -0.39 is 11.9 Å². The predicted octanol–water partition coefficient (Wildman–Crippen LogP) is -0.920. The number of aliphatic carboxylic acids is 2. The average molecular weight is 390 g/mol. The largest absolute Gasteiger partial charge is 0.539 e. The van der Waals surface area contributed by atoms with Crippen LogP contribution in [0.15, 0.2) is 42.5 Å². The smallest absolute Gasteiger partial charge is 0.351 e. The molecule has 0 radical (unpaired) electrons. The number of quaternary nitrogens is 1. The van der Waals surface area contributed by atoms with Crippen molar-refractivity contribution in [2.24, 2.45) is 0 Å². The van der Waals surface area contributed by atoms with Crippen LogP contribution in [0, 0.1) is 0 Å². The standard InChI is InChI=1S/C18H24N2O2.C2H2O4/c1-3-20(4-2)13-12-19-18(21)14-22-17-11-7-9-15-8-5-6-10-16(15)17;3-1(4)2(5)6/h5-11H,3-4,12-14H2,1-2H3,(H,19,21);(H,3,4)(H,5,6). The van der Waals surface area contributed by atoms with Gasteiger partial charge in [-0.3, -0.25) is 4.79 Å². The molecule has 0 atom stereocenters. The van der Waals surface area contributed by atoms with Crippen molar-refractivity contribution >= 4 is 28.6 Å². The van der Waals surface area contributed by atoms with Crippen LogP contribution in [0.25, 0.3) is 10.8 Å². The molecule has 2 rings (SSSR count). The number of carbonyl (C=O) groups is 3. The first-order valence-electron chi connectivity index (χ1n) is 9.04. The van der Waals surface area contributed by atoms with Gasteiger partial charge in [0.15, 0.2) is 12.6 Å². The normalized spacial score (nSPS) is 10.1. The molecule has 0 unspecified atom stereocenters. The number of hydrogen-bond donors (Lipinski definition) is 3. The van der Waals surface area contributed by atoms with Gasteiger partial charge in [-0.2, -0.15) is 0 Å². The van der Waals surface area contributed by atoms with Gasteiger partial charge < -0.3 is 30.0 Å². The number of nitrogens with one attached hydrogen (secondary N) is 2. The van der Waals surface area contributed by atoms with E-state index in [1.54, 1.807) is 0 Å². The molecule has 2 aromatic rings. The van der Waals surface area contributed by atoms with E-state index in [4.69, 9.17) is 24.5 Å². The molecule has 0 fully saturated rings. The van der Waals surface area contributed by atoms with Gasteiger partial charge in [-0.1, -0.05) is 36.4 Å². The second-order valence-corrected chi connectivity index (χ2v) is 5.92. The van der Waals surface area contributed by atoms with E-state index in [1.165, 1.54) is 4.90 Å². The Morgan fingerprint density at radius 1 is 1.07 bits per heavy atom. The zero-order chi connectivity index (χ0) is 20.9. The van der Waals surface area contributed by atoms with Crippen LogP contribution in [0.1, 0.15) is 13.8 Å². The van der Waals surface area contributed by atoms with Crippen LogP contribution in [-0.2, 0) is 14.4 Å². The molecule has 0 aliphatic rings. The Bertz CT molecular complexity index is 772. The topological polar surface area (TPSA) is 120 Å². The third kappa shape index (κ3) is 8.05. The van der Waals surface area contributed by atoms with Crippen molar-refractivity contribution in [3.05, 3.63) is 42.5 Å². The van der Waals surface area contributed by atoms with E-state index in [0.29, 0.717) is 6.54 Å². The second kappa shape index (κ2) is 12.3. The quantitative estimate of drug-likeness (QED) is 0.502. The number of ether oxygens (including phenoxy) is 1. The Balaban J connectivity index is 0.000000568. The van der Waals surface area contributed by atoms with Gasteiger partial charge >= 0.3 is 5.97 Å². The summed E-state index contributed by atoms with van der Waals surface area (Å²) in [5.41, 5.74) is 0. The summed E-state index contributed by atoms with van der Waals surface area (Å²) in [5, 5.41) is 21.4. The molecule has 0 bridgehead atoms. The van der Waals surface area contributed by atoms with Crippen molar-refractivity contribution in [1.29, 1.82) is 0 Å². The number of carbonyl (C=O) groups excluding carboxylic acids is 2. The summed E-state index contributed by atoms with van der Waals surface area (Å²) in [6, 6.07) is 13.9. The SMILES string of the molecule is CC[NH+](CC)CCNC(=O)COc1cccc2ccccc12.O=C([O-])C(=O)O. The summed E-state index contributed by atoms with van der Waals surface area (Å²) in [6.07, 6.45) is 0. The molecule has 0 aliphatic heterocycles. The first kappa shape index (κ1) is 22.9. The number of benzene rings is 2. The summed E-state index contributed by atoms with van der Waals surface area (Å²) >= 11 is 0. The van der Waals surface area contributed by atoms with E-state index in [2.05, 4.69) is 19.2 Å². The Kier molecular flexibility index (Phi) is 10.1. The minimum Gasteiger partial charge on any atom is -0.539 e. The summed E-state index contributed by atoms with van der Waals surface area (Å²) in [4.78, 5) is 31.4. The minimum atomic E-state index is -2.07. The zero-order valence-electron chi connectivity index (χ0n) is 16.1. The fraction of sp³-hybridized carbons (Fsp3) is 0.350. The Morgan fingerprint density at radius 3 is 2.29 bits per heavy atom. The van der Waals surface area contributed by atoms with Gasteiger partial charge in [0.1, 0.15) is 5.75 Å². The fourth-order valence-electron chi connectivity index (χ4n) is 2.50. The van der Waals surface area contributed by atoms with Crippen LogP contribution < -0.4 is 20.1 Å².